The number of benzene rings is 2. The molecule has 1 saturated carbocycles. The predicted molar refractivity (Wildman–Crippen MR) is 97.5 cm³/mol. The van der Waals surface area contributed by atoms with Crippen LogP contribution in [0.4, 0.5) is 4.39 Å². The average Bonchev–Trinajstić information content (AvgIpc) is 3.42. The molecule has 1 aliphatic rings. The van der Waals surface area contributed by atoms with E-state index in [9.17, 15) is 14.0 Å². The molecule has 0 aliphatic heterocycles. The second-order valence-corrected chi connectivity index (χ2v) is 7.40. The second-order valence-electron chi connectivity index (χ2n) is 6.39. The molecule has 1 N–H and O–H groups in total. The molecule has 1 heterocycles. The van der Waals surface area contributed by atoms with Gasteiger partial charge in [0.1, 0.15) is 5.82 Å². The molecule has 2 aromatic carbocycles. The number of fused-ring (bicyclic) bond motifs is 1. The summed E-state index contributed by atoms with van der Waals surface area (Å²) in [5, 5.41) is 0.359. The Balaban J connectivity index is 1.73. The lowest BCUT2D eigenvalue weighted by Gasteiger charge is -2.11. The molecule has 0 atom stereocenters. The molecular formula is C19H17FN2O2S. The largest absolute Gasteiger partial charge is 0.328 e. The quantitative estimate of drug-likeness (QED) is 0.712. The van der Waals surface area contributed by atoms with E-state index in [1.807, 2.05) is 30.3 Å². The molecule has 6 heteroatoms. The van der Waals surface area contributed by atoms with Gasteiger partial charge in [-0.1, -0.05) is 30.3 Å². The molecule has 3 aromatic rings. The van der Waals surface area contributed by atoms with Crippen LogP contribution >= 0.6 is 11.8 Å². The van der Waals surface area contributed by atoms with Gasteiger partial charge in [0.05, 0.1) is 10.9 Å². The van der Waals surface area contributed by atoms with Crippen molar-refractivity contribution in [3.63, 3.8) is 0 Å². The molecule has 1 aliphatic carbocycles. The summed E-state index contributed by atoms with van der Waals surface area (Å²) in [6.07, 6.45) is 2.14. The number of nitrogens with one attached hydrogen (secondary N) is 1. The lowest BCUT2D eigenvalue weighted by molar-refractivity contribution is 0.591. The normalized spacial score (nSPS) is 14.1. The number of rotatable bonds is 5. The summed E-state index contributed by atoms with van der Waals surface area (Å²) in [5.74, 6) is 0.660. The van der Waals surface area contributed by atoms with Crippen molar-refractivity contribution < 1.29 is 4.39 Å². The predicted octanol–water partition coefficient (Wildman–Crippen LogP) is 3.53. The maximum atomic E-state index is 14.6. The molecule has 25 heavy (non-hydrogen) atoms. The first-order valence-electron chi connectivity index (χ1n) is 8.25. The highest BCUT2D eigenvalue weighted by atomic mass is 32.2. The Morgan fingerprint density at radius 3 is 2.64 bits per heavy atom. The second kappa shape index (κ2) is 6.52. The van der Waals surface area contributed by atoms with Gasteiger partial charge in [-0.25, -0.2) is 9.18 Å². The highest BCUT2D eigenvalue weighted by Gasteiger charge is 2.24. The Morgan fingerprint density at radius 2 is 1.92 bits per heavy atom. The summed E-state index contributed by atoms with van der Waals surface area (Å²) in [7, 11) is 0. The lowest BCUT2D eigenvalue weighted by atomic mass is 10.2. The monoisotopic (exact) mass is 356 g/mol. The smallest absolute Gasteiger partial charge is 0.293 e. The van der Waals surface area contributed by atoms with E-state index in [0.29, 0.717) is 34.0 Å². The van der Waals surface area contributed by atoms with Crippen molar-refractivity contribution in [3.05, 3.63) is 74.7 Å². The number of nitrogens with zero attached hydrogens (tertiary/aromatic N) is 1. The number of hydrogen-bond donors (Lipinski definition) is 1. The van der Waals surface area contributed by atoms with E-state index in [2.05, 4.69) is 4.98 Å². The van der Waals surface area contributed by atoms with Crippen LogP contribution < -0.4 is 11.2 Å². The summed E-state index contributed by atoms with van der Waals surface area (Å²) in [4.78, 5) is 27.1. The van der Waals surface area contributed by atoms with Gasteiger partial charge >= 0.3 is 5.69 Å². The van der Waals surface area contributed by atoms with E-state index < -0.39 is 17.1 Å². The molecular weight excluding hydrogens is 339 g/mol. The molecule has 0 radical (unpaired) electrons. The zero-order chi connectivity index (χ0) is 17.4. The first-order valence-corrected chi connectivity index (χ1v) is 9.23. The number of H-pyrrole nitrogens is 1. The van der Waals surface area contributed by atoms with E-state index in [4.69, 9.17) is 0 Å². The zero-order valence-corrected chi connectivity index (χ0v) is 14.3. The van der Waals surface area contributed by atoms with Crippen LogP contribution in [0.2, 0.25) is 0 Å². The number of thioether (sulfide) groups is 1. The first kappa shape index (κ1) is 16.1. The molecule has 1 aromatic heterocycles. The van der Waals surface area contributed by atoms with Gasteiger partial charge in [0, 0.05) is 17.2 Å². The van der Waals surface area contributed by atoms with Crippen LogP contribution in [0.15, 0.2) is 56.9 Å². The average molecular weight is 356 g/mol. The molecule has 4 nitrogen and oxygen atoms in total. The summed E-state index contributed by atoms with van der Waals surface area (Å²) in [6.45, 7) is 0.530. The fraction of sp³-hybridized carbons (Fsp3) is 0.263. The third kappa shape index (κ3) is 3.39. The minimum absolute atomic E-state index is 0.359. The summed E-state index contributed by atoms with van der Waals surface area (Å²) < 4.78 is 16.1. The minimum Gasteiger partial charge on any atom is -0.293 e. The van der Waals surface area contributed by atoms with Crippen LogP contribution in [-0.4, -0.2) is 9.55 Å². The van der Waals surface area contributed by atoms with Gasteiger partial charge < -0.3 is 0 Å². The van der Waals surface area contributed by atoms with Crippen molar-refractivity contribution in [2.75, 3.05) is 0 Å². The molecule has 1 fully saturated rings. The standard InChI is InChI=1S/C19H17FN2O2S/c20-15-9-16-14(8-17(15)25-11-13-4-2-1-3-5-13)18(23)21-19(24)22(16)10-12-6-7-12/h1-5,8-9,12H,6-7,10-11H2,(H,21,23,24). The van der Waals surface area contributed by atoms with Crippen LogP contribution in [0.25, 0.3) is 10.9 Å². The van der Waals surface area contributed by atoms with Gasteiger partial charge in [-0.15, -0.1) is 11.8 Å². The van der Waals surface area contributed by atoms with E-state index in [1.54, 1.807) is 6.07 Å². The third-order valence-corrected chi connectivity index (χ3v) is 5.53. The van der Waals surface area contributed by atoms with Gasteiger partial charge in [0.15, 0.2) is 0 Å². The molecule has 0 saturated heterocycles. The first-order chi connectivity index (χ1) is 12.1. The zero-order valence-electron chi connectivity index (χ0n) is 13.5. The maximum absolute atomic E-state index is 14.6. The van der Waals surface area contributed by atoms with Crippen LogP contribution in [-0.2, 0) is 12.3 Å². The number of hydrogen-bond acceptors (Lipinski definition) is 3. The Labute approximate surface area is 147 Å². The Hall–Kier alpha value is -2.34. The SMILES string of the molecule is O=c1[nH]c(=O)n(CC2CC2)c2cc(F)c(SCc3ccccc3)cc12. The van der Waals surface area contributed by atoms with E-state index in [0.717, 1.165) is 18.4 Å². The van der Waals surface area contributed by atoms with Crippen molar-refractivity contribution >= 4 is 22.7 Å². The van der Waals surface area contributed by atoms with Crippen LogP contribution in [0.3, 0.4) is 0 Å². The molecule has 0 bridgehead atoms. The van der Waals surface area contributed by atoms with Gasteiger partial charge in [0.25, 0.3) is 5.56 Å². The lowest BCUT2D eigenvalue weighted by Crippen LogP contribution is -2.31. The van der Waals surface area contributed by atoms with Gasteiger partial charge in [-0.2, -0.15) is 0 Å². The Kier molecular flexibility index (Phi) is 4.21. The maximum Gasteiger partial charge on any atom is 0.328 e. The number of aromatic amines is 1. The Morgan fingerprint density at radius 1 is 1.16 bits per heavy atom. The van der Waals surface area contributed by atoms with Gasteiger partial charge in [0.2, 0.25) is 0 Å². The molecule has 0 amide bonds. The summed E-state index contributed by atoms with van der Waals surface area (Å²) in [5.41, 5.74) is 0.531. The van der Waals surface area contributed by atoms with E-state index >= 15 is 0 Å². The van der Waals surface area contributed by atoms with Gasteiger partial charge in [-0.05, 0) is 36.5 Å². The summed E-state index contributed by atoms with van der Waals surface area (Å²) >= 11 is 1.34. The topological polar surface area (TPSA) is 54.9 Å². The molecule has 128 valence electrons. The third-order valence-electron chi connectivity index (χ3n) is 4.43. The fourth-order valence-electron chi connectivity index (χ4n) is 2.88. The highest BCUT2D eigenvalue weighted by Crippen LogP contribution is 2.32. The minimum atomic E-state index is -0.464. The van der Waals surface area contributed by atoms with Crippen LogP contribution in [0.1, 0.15) is 18.4 Å². The molecule has 0 unspecified atom stereocenters. The van der Waals surface area contributed by atoms with Crippen molar-refractivity contribution in [3.8, 4) is 0 Å². The summed E-state index contributed by atoms with van der Waals surface area (Å²) in [6, 6.07) is 12.6. The van der Waals surface area contributed by atoms with Crippen LogP contribution in [0.5, 0.6) is 0 Å². The number of halogens is 1. The van der Waals surface area contributed by atoms with Gasteiger partial charge in [-0.3, -0.25) is 14.3 Å². The molecule has 4 rings (SSSR count). The highest BCUT2D eigenvalue weighted by molar-refractivity contribution is 7.98. The van der Waals surface area contributed by atoms with Crippen molar-refractivity contribution in [2.24, 2.45) is 5.92 Å². The fourth-order valence-corrected chi connectivity index (χ4v) is 3.79. The van der Waals surface area contributed by atoms with E-state index in [-0.39, 0.29) is 0 Å². The number of aromatic nitrogens is 2. The van der Waals surface area contributed by atoms with Crippen LogP contribution in [0, 0.1) is 11.7 Å². The van der Waals surface area contributed by atoms with Crippen molar-refractivity contribution in [1.82, 2.24) is 9.55 Å². The van der Waals surface area contributed by atoms with E-state index in [1.165, 1.54) is 22.4 Å². The molecule has 0 spiro atoms. The van der Waals surface area contributed by atoms with Crippen molar-refractivity contribution in [2.45, 2.75) is 30.0 Å². The van der Waals surface area contributed by atoms with Crippen molar-refractivity contribution in [1.29, 1.82) is 0 Å². The Bertz CT molecular complexity index is 1040.